The van der Waals surface area contributed by atoms with Crippen molar-refractivity contribution >= 4 is 67.2 Å². The van der Waals surface area contributed by atoms with Crippen LogP contribution in [0.25, 0.3) is 0 Å². The lowest BCUT2D eigenvalue weighted by molar-refractivity contribution is 0.101. The van der Waals surface area contributed by atoms with Gasteiger partial charge >= 0.3 is 10.3 Å². The lowest BCUT2D eigenvalue weighted by atomic mass is 10.1. The Hall–Kier alpha value is -1.97. The number of halogens is 2. The Balaban J connectivity index is 1.52. The molecule has 15 heteroatoms. The Morgan fingerprint density at radius 1 is 1.31 bits per heavy atom. The molecule has 1 saturated carbocycles. The highest BCUT2D eigenvalue weighted by Gasteiger charge is 2.35. The summed E-state index contributed by atoms with van der Waals surface area (Å²) in [4.78, 5) is 22.4. The summed E-state index contributed by atoms with van der Waals surface area (Å²) in [6, 6.07) is 7.72. The van der Waals surface area contributed by atoms with Crippen LogP contribution in [0, 0.1) is 5.92 Å². The number of anilines is 1. The van der Waals surface area contributed by atoms with Gasteiger partial charge in [0.2, 0.25) is 5.78 Å². The number of aliphatic hydroxyl groups excluding tert-OH is 1. The van der Waals surface area contributed by atoms with Crippen molar-refractivity contribution in [2.24, 2.45) is 11.1 Å². The molecule has 10 nitrogen and oxygen atoms in total. The van der Waals surface area contributed by atoms with Gasteiger partial charge < -0.3 is 10.4 Å². The molecular weight excluding hydrogens is 571 g/mol. The average Bonchev–Trinajstić information content (AvgIpc) is 3.38. The molecule has 0 unspecified atom stereocenters. The van der Waals surface area contributed by atoms with Gasteiger partial charge in [0, 0.05) is 28.1 Å². The van der Waals surface area contributed by atoms with E-state index in [2.05, 4.69) is 19.5 Å². The number of rotatable bonds is 9. The molecule has 1 aliphatic rings. The SMILES string of the molecule is NS(=O)(=O)OC[C@H]1C[C@@H](Nc2ncncc2C(=O)c2cc([S@@](=O)c3cccc(Cl)c3)c(Cl)s2)C[C@@H]1O. The van der Waals surface area contributed by atoms with Gasteiger partial charge in [-0.3, -0.25) is 8.98 Å². The van der Waals surface area contributed by atoms with Crippen LogP contribution in [0.1, 0.15) is 28.1 Å². The number of carbonyl (C=O) groups excluding carboxylic acids is 1. The van der Waals surface area contributed by atoms with Crippen molar-refractivity contribution in [1.82, 2.24) is 9.97 Å². The van der Waals surface area contributed by atoms with E-state index in [1.807, 2.05) is 0 Å². The van der Waals surface area contributed by atoms with E-state index in [-0.39, 0.29) is 44.6 Å². The van der Waals surface area contributed by atoms with Crippen LogP contribution >= 0.6 is 34.5 Å². The molecule has 2 heterocycles. The molecular formula is C21H20Cl2N4O6S3. The van der Waals surface area contributed by atoms with Crippen molar-refractivity contribution in [3.8, 4) is 0 Å². The molecule has 1 aliphatic carbocycles. The molecule has 1 fully saturated rings. The Morgan fingerprint density at radius 3 is 2.81 bits per heavy atom. The fraction of sp³-hybridized carbons (Fsp3) is 0.286. The van der Waals surface area contributed by atoms with E-state index in [0.29, 0.717) is 16.3 Å². The molecule has 0 bridgehead atoms. The van der Waals surface area contributed by atoms with Crippen LogP contribution in [0.4, 0.5) is 5.82 Å². The predicted molar refractivity (Wildman–Crippen MR) is 136 cm³/mol. The maximum atomic E-state index is 13.3. The van der Waals surface area contributed by atoms with Crippen molar-refractivity contribution in [3.63, 3.8) is 0 Å². The summed E-state index contributed by atoms with van der Waals surface area (Å²) in [5, 5.41) is 18.7. The van der Waals surface area contributed by atoms with Gasteiger partial charge in [-0.15, -0.1) is 11.3 Å². The van der Waals surface area contributed by atoms with Crippen LogP contribution in [-0.2, 0) is 25.3 Å². The van der Waals surface area contributed by atoms with Crippen LogP contribution in [0.3, 0.4) is 0 Å². The van der Waals surface area contributed by atoms with Crippen LogP contribution in [-0.4, -0.2) is 52.2 Å². The molecule has 0 radical (unpaired) electrons. The number of hydrogen-bond acceptors (Lipinski definition) is 10. The standard InChI is InChI=1S/C21H20Cl2N4O6S3/c22-12-2-1-3-14(5-12)35(30)18-7-17(34-20(18)23)19(29)15-8-25-10-26-21(15)27-13-4-11(16(28)6-13)9-33-36(24,31)32/h1-3,5,7-8,10-11,13,16,28H,4,6,9H2,(H2,24,31,32)(H,25,26,27)/t11-,13-,16+,35+/m1/s1. The summed E-state index contributed by atoms with van der Waals surface area (Å²) in [6.45, 7) is -0.256. The van der Waals surface area contributed by atoms with Gasteiger partial charge in [-0.1, -0.05) is 29.3 Å². The van der Waals surface area contributed by atoms with E-state index in [9.17, 15) is 22.5 Å². The summed E-state index contributed by atoms with van der Waals surface area (Å²) < 4.78 is 39.9. The van der Waals surface area contributed by atoms with E-state index in [4.69, 9.17) is 28.3 Å². The van der Waals surface area contributed by atoms with Gasteiger partial charge in [0.05, 0.1) is 38.8 Å². The van der Waals surface area contributed by atoms with Crippen LogP contribution in [0.2, 0.25) is 9.36 Å². The fourth-order valence-corrected chi connectivity index (χ4v) is 7.17. The highest BCUT2D eigenvalue weighted by atomic mass is 35.5. The van der Waals surface area contributed by atoms with Crippen molar-refractivity contribution in [3.05, 3.63) is 62.7 Å². The number of aromatic nitrogens is 2. The van der Waals surface area contributed by atoms with Crippen molar-refractivity contribution in [1.29, 1.82) is 0 Å². The number of hydrogen-bond donors (Lipinski definition) is 3. The quantitative estimate of drug-likeness (QED) is 0.318. The molecule has 0 saturated heterocycles. The number of nitrogens with zero attached hydrogens (tertiary/aromatic N) is 2. The van der Waals surface area contributed by atoms with E-state index in [0.717, 1.165) is 11.3 Å². The third-order valence-electron chi connectivity index (χ3n) is 5.49. The van der Waals surface area contributed by atoms with Gasteiger partial charge in [0.1, 0.15) is 16.5 Å². The zero-order chi connectivity index (χ0) is 26.0. The lowest BCUT2D eigenvalue weighted by Crippen LogP contribution is -2.24. The molecule has 3 aromatic rings. The molecule has 1 aromatic carbocycles. The van der Waals surface area contributed by atoms with E-state index < -0.39 is 38.9 Å². The Labute approximate surface area is 223 Å². The number of ketones is 1. The van der Waals surface area contributed by atoms with Crippen molar-refractivity contribution in [2.75, 3.05) is 11.9 Å². The van der Waals surface area contributed by atoms with Gasteiger partial charge in [0.15, 0.2) is 0 Å². The van der Waals surface area contributed by atoms with Crippen molar-refractivity contribution in [2.45, 2.75) is 34.8 Å². The highest BCUT2D eigenvalue weighted by molar-refractivity contribution is 7.85. The molecule has 0 aliphatic heterocycles. The number of aliphatic hydroxyl groups is 1. The predicted octanol–water partition coefficient (Wildman–Crippen LogP) is 3.01. The molecule has 4 atom stereocenters. The Bertz CT molecular complexity index is 1420. The number of nitrogens with two attached hydrogens (primary N) is 1. The average molecular weight is 592 g/mol. The maximum absolute atomic E-state index is 13.3. The minimum atomic E-state index is -4.12. The molecule has 0 spiro atoms. The molecule has 4 rings (SSSR count). The zero-order valence-electron chi connectivity index (χ0n) is 18.3. The fourth-order valence-electron chi connectivity index (χ4n) is 3.82. The van der Waals surface area contributed by atoms with E-state index in [1.165, 1.54) is 18.6 Å². The Kier molecular flexibility index (Phi) is 8.42. The van der Waals surface area contributed by atoms with Crippen molar-refractivity contribution < 1.29 is 26.7 Å². The molecule has 192 valence electrons. The minimum absolute atomic E-state index is 0.161. The first-order chi connectivity index (χ1) is 17.0. The van der Waals surface area contributed by atoms with Crippen LogP contribution in [0.5, 0.6) is 0 Å². The molecule has 4 N–H and O–H groups in total. The van der Waals surface area contributed by atoms with Gasteiger partial charge in [-0.05, 0) is 37.1 Å². The first-order valence-electron chi connectivity index (χ1n) is 10.4. The summed E-state index contributed by atoms with van der Waals surface area (Å²) in [6.07, 6.45) is 2.44. The number of carbonyl (C=O) groups is 1. The van der Waals surface area contributed by atoms with Gasteiger partial charge in [-0.25, -0.2) is 19.3 Å². The first kappa shape index (κ1) is 27.1. The third kappa shape index (κ3) is 6.47. The second kappa shape index (κ2) is 11.2. The highest BCUT2D eigenvalue weighted by Crippen LogP contribution is 2.35. The molecule has 0 amide bonds. The summed E-state index contributed by atoms with van der Waals surface area (Å²) in [5.41, 5.74) is 0.161. The largest absolute Gasteiger partial charge is 0.393 e. The Morgan fingerprint density at radius 2 is 2.08 bits per heavy atom. The topological polar surface area (TPSA) is 162 Å². The third-order valence-corrected chi connectivity index (χ3v) is 9.19. The number of thiophene rings is 1. The smallest absolute Gasteiger partial charge is 0.333 e. The maximum Gasteiger partial charge on any atom is 0.333 e. The second-order valence-corrected chi connectivity index (χ2v) is 12.8. The number of nitrogens with one attached hydrogen (secondary N) is 1. The molecule has 36 heavy (non-hydrogen) atoms. The van der Waals surface area contributed by atoms with E-state index >= 15 is 0 Å². The van der Waals surface area contributed by atoms with Crippen LogP contribution < -0.4 is 10.5 Å². The van der Waals surface area contributed by atoms with Gasteiger partial charge in [-0.2, -0.15) is 8.42 Å². The second-order valence-electron chi connectivity index (χ2n) is 8.01. The lowest BCUT2D eigenvalue weighted by Gasteiger charge is -2.15. The monoisotopic (exact) mass is 590 g/mol. The van der Waals surface area contributed by atoms with E-state index in [1.54, 1.807) is 24.3 Å². The van der Waals surface area contributed by atoms with Gasteiger partial charge in [0.25, 0.3) is 0 Å². The summed E-state index contributed by atoms with van der Waals surface area (Å²) >= 11 is 13.3. The zero-order valence-corrected chi connectivity index (χ0v) is 22.3. The number of benzene rings is 1. The first-order valence-corrected chi connectivity index (χ1v) is 14.6. The normalized spacial score (nSPS) is 20.8. The minimum Gasteiger partial charge on any atom is -0.393 e. The summed E-state index contributed by atoms with van der Waals surface area (Å²) in [7, 11) is -5.77. The molecule has 2 aromatic heterocycles. The summed E-state index contributed by atoms with van der Waals surface area (Å²) in [5.74, 6) is -0.656. The van der Waals surface area contributed by atoms with Crippen LogP contribution in [0.15, 0.2) is 52.6 Å².